The number of ether oxygens (including phenoxy) is 6. The van der Waals surface area contributed by atoms with Crippen molar-refractivity contribution in [2.45, 2.75) is 88.5 Å². The predicted molar refractivity (Wildman–Crippen MR) is 194 cm³/mol. The Labute approximate surface area is 311 Å². The van der Waals surface area contributed by atoms with Crippen molar-refractivity contribution in [3.05, 3.63) is 140 Å². The van der Waals surface area contributed by atoms with Gasteiger partial charge in [-0.15, -0.1) is 0 Å². The maximum Gasteiger partial charge on any atom is 0.326 e. The molecule has 54 heavy (non-hydrogen) atoms. The van der Waals surface area contributed by atoms with Crippen LogP contribution in [0.3, 0.4) is 0 Å². The fraction of sp³-hybridized carbons (Fsp3) is 0.400. The van der Waals surface area contributed by atoms with Crippen LogP contribution in [-0.4, -0.2) is 83.0 Å². The van der Waals surface area contributed by atoms with E-state index in [2.05, 4.69) is 10.3 Å². The highest BCUT2D eigenvalue weighted by Crippen LogP contribution is 2.35. The highest BCUT2D eigenvalue weighted by molar-refractivity contribution is 5.92. The Morgan fingerprint density at radius 1 is 0.759 bits per heavy atom. The number of amides is 1. The van der Waals surface area contributed by atoms with E-state index in [9.17, 15) is 24.3 Å². The minimum absolute atomic E-state index is 0.0160. The molecule has 1 aliphatic heterocycles. The van der Waals surface area contributed by atoms with Crippen molar-refractivity contribution in [1.82, 2.24) is 15.3 Å². The Morgan fingerprint density at radius 2 is 1.30 bits per heavy atom. The number of methoxy groups -OCH3 is 1. The van der Waals surface area contributed by atoms with Gasteiger partial charge in [-0.05, 0) is 36.5 Å². The van der Waals surface area contributed by atoms with E-state index < -0.39 is 78.0 Å². The number of aromatic nitrogens is 2. The van der Waals surface area contributed by atoms with Gasteiger partial charge in [-0.25, -0.2) is 4.79 Å². The summed E-state index contributed by atoms with van der Waals surface area (Å²) in [6.07, 6.45) is -6.49. The van der Waals surface area contributed by atoms with Gasteiger partial charge in [0, 0.05) is 6.07 Å². The number of hydrogen-bond donors (Lipinski definition) is 4. The van der Waals surface area contributed by atoms with E-state index in [1.54, 1.807) is 0 Å². The quantitative estimate of drug-likeness (QED) is 0.139. The molecule has 1 aromatic heterocycles. The summed E-state index contributed by atoms with van der Waals surface area (Å²) < 4.78 is 37.9. The van der Waals surface area contributed by atoms with Crippen molar-refractivity contribution in [2.75, 3.05) is 7.11 Å². The first-order valence-electron chi connectivity index (χ1n) is 17.9. The Balaban J connectivity index is 1.32. The molecule has 1 aliphatic carbocycles. The van der Waals surface area contributed by atoms with Crippen LogP contribution in [0.4, 0.5) is 0 Å². The van der Waals surface area contributed by atoms with Crippen LogP contribution < -0.4 is 16.6 Å². The second-order valence-corrected chi connectivity index (χ2v) is 13.4. The lowest BCUT2D eigenvalue weighted by Crippen LogP contribution is -2.63. The standard InChI is InChI=1S/C40H45N3O11/c1-24-33(50-21-25-12-6-3-7-13-25)35(51-22-26-14-8-4-9-15-26)36(52-23-27-16-10-5-11-17-27)39(53-24)54-34-29(18-28(19-31(34)44)38(47)49-2)41-37(46)30-20-32(45)43-40(48)42-30/h3-17,20,24,28-29,31,33-36,39,44H,18-19,21-23H2,1-2H3,(H,41,46)(H2,42,43,45,48)/t24?,28?,29?,31-,33-,34?,35?,36?,39+/m1/s1. The molecule has 1 saturated heterocycles. The molecule has 1 amide bonds. The minimum atomic E-state index is -1.28. The number of nitrogens with one attached hydrogen (secondary N) is 3. The van der Waals surface area contributed by atoms with E-state index in [4.69, 9.17) is 28.4 Å². The summed E-state index contributed by atoms with van der Waals surface area (Å²) in [5.41, 5.74) is 0.810. The maximum atomic E-state index is 13.4. The molecule has 286 valence electrons. The third-order valence-electron chi connectivity index (χ3n) is 9.57. The second-order valence-electron chi connectivity index (χ2n) is 13.4. The molecule has 14 heteroatoms. The zero-order valence-electron chi connectivity index (χ0n) is 30.0. The van der Waals surface area contributed by atoms with Gasteiger partial charge >= 0.3 is 11.7 Å². The predicted octanol–water partition coefficient (Wildman–Crippen LogP) is 2.99. The molecule has 0 spiro atoms. The van der Waals surface area contributed by atoms with Crippen molar-refractivity contribution in [3.63, 3.8) is 0 Å². The van der Waals surface area contributed by atoms with Crippen LogP contribution in [0.25, 0.3) is 0 Å². The Kier molecular flexibility index (Phi) is 13.2. The van der Waals surface area contributed by atoms with Gasteiger partial charge in [-0.3, -0.25) is 19.4 Å². The van der Waals surface area contributed by atoms with E-state index >= 15 is 0 Å². The topological polar surface area (TPSA) is 187 Å². The van der Waals surface area contributed by atoms with Crippen molar-refractivity contribution in [1.29, 1.82) is 0 Å². The van der Waals surface area contributed by atoms with Crippen LogP contribution in [0.5, 0.6) is 0 Å². The molecule has 4 N–H and O–H groups in total. The average Bonchev–Trinajstić information content (AvgIpc) is 3.17. The molecule has 9 atom stereocenters. The first kappa shape index (κ1) is 38.8. The lowest BCUT2D eigenvalue weighted by Gasteiger charge is -2.47. The summed E-state index contributed by atoms with van der Waals surface area (Å²) in [6, 6.07) is 28.9. The molecular weight excluding hydrogens is 698 g/mol. The number of H-pyrrole nitrogens is 2. The van der Waals surface area contributed by atoms with Crippen LogP contribution in [0, 0.1) is 5.92 Å². The number of hydrogen-bond acceptors (Lipinski definition) is 11. The Morgan fingerprint density at radius 3 is 1.83 bits per heavy atom. The fourth-order valence-electron chi connectivity index (χ4n) is 6.89. The summed E-state index contributed by atoms with van der Waals surface area (Å²) in [6.45, 7) is 2.50. The van der Waals surface area contributed by atoms with Crippen molar-refractivity contribution in [2.24, 2.45) is 5.92 Å². The van der Waals surface area contributed by atoms with E-state index in [1.165, 1.54) is 7.11 Å². The van der Waals surface area contributed by atoms with Gasteiger partial charge in [-0.1, -0.05) is 91.0 Å². The lowest BCUT2D eigenvalue weighted by atomic mass is 9.81. The monoisotopic (exact) mass is 743 g/mol. The van der Waals surface area contributed by atoms with E-state index in [-0.39, 0.29) is 38.4 Å². The van der Waals surface area contributed by atoms with Crippen molar-refractivity contribution >= 4 is 11.9 Å². The first-order chi connectivity index (χ1) is 26.2. The summed E-state index contributed by atoms with van der Waals surface area (Å²) in [5.74, 6) is -2.18. The molecule has 14 nitrogen and oxygen atoms in total. The number of benzene rings is 3. The smallest absolute Gasteiger partial charge is 0.326 e. The summed E-state index contributed by atoms with van der Waals surface area (Å²) in [4.78, 5) is 54.4. The molecule has 2 aliphatic rings. The third kappa shape index (κ3) is 9.96. The second kappa shape index (κ2) is 18.4. The highest BCUT2D eigenvalue weighted by Gasteiger charge is 2.51. The number of carbonyl (C=O) groups is 2. The lowest BCUT2D eigenvalue weighted by molar-refractivity contribution is -0.336. The van der Waals surface area contributed by atoms with E-state index in [0.29, 0.717) is 0 Å². The molecule has 3 aromatic carbocycles. The number of esters is 1. The van der Waals surface area contributed by atoms with Gasteiger partial charge in [0.15, 0.2) is 6.29 Å². The molecule has 1 saturated carbocycles. The molecule has 2 heterocycles. The van der Waals surface area contributed by atoms with E-state index in [0.717, 1.165) is 22.8 Å². The van der Waals surface area contributed by atoms with Crippen LogP contribution in [0.15, 0.2) is 107 Å². The number of aliphatic hydroxyl groups is 1. The molecule has 6 rings (SSSR count). The van der Waals surface area contributed by atoms with Gasteiger partial charge in [-0.2, -0.15) is 0 Å². The molecule has 6 unspecified atom stereocenters. The fourth-order valence-corrected chi connectivity index (χ4v) is 6.89. The summed E-state index contributed by atoms with van der Waals surface area (Å²) >= 11 is 0. The first-order valence-corrected chi connectivity index (χ1v) is 17.9. The van der Waals surface area contributed by atoms with Crippen LogP contribution in [0.2, 0.25) is 0 Å². The number of aromatic amines is 2. The average molecular weight is 744 g/mol. The maximum absolute atomic E-state index is 13.4. The molecule has 2 fully saturated rings. The minimum Gasteiger partial charge on any atom is -0.469 e. The van der Waals surface area contributed by atoms with Crippen LogP contribution in [-0.2, 0) is 53.0 Å². The molecule has 4 aromatic rings. The zero-order valence-corrected chi connectivity index (χ0v) is 30.0. The molecule has 0 radical (unpaired) electrons. The largest absolute Gasteiger partial charge is 0.469 e. The van der Waals surface area contributed by atoms with Gasteiger partial charge in [0.25, 0.3) is 11.5 Å². The van der Waals surface area contributed by atoms with Crippen LogP contribution in [0.1, 0.15) is 46.9 Å². The highest BCUT2D eigenvalue weighted by atomic mass is 16.7. The third-order valence-corrected chi connectivity index (χ3v) is 9.57. The molecular formula is C40H45N3O11. The van der Waals surface area contributed by atoms with Crippen molar-refractivity contribution < 1.29 is 43.1 Å². The summed E-state index contributed by atoms with van der Waals surface area (Å²) in [7, 11) is 1.24. The Bertz CT molecular complexity index is 1900. The number of rotatable bonds is 14. The normalized spacial score (nSPS) is 26.8. The van der Waals surface area contributed by atoms with Gasteiger partial charge < -0.3 is 43.8 Å². The van der Waals surface area contributed by atoms with Crippen molar-refractivity contribution in [3.8, 4) is 0 Å². The van der Waals surface area contributed by atoms with E-state index in [1.807, 2.05) is 103 Å². The Hall–Kier alpha value is -4.96. The number of aliphatic hydroxyl groups excluding tert-OH is 1. The van der Waals surface area contributed by atoms with Gasteiger partial charge in [0.1, 0.15) is 30.1 Å². The number of carbonyl (C=O) groups excluding carboxylic acids is 2. The van der Waals surface area contributed by atoms with Gasteiger partial charge in [0.05, 0.1) is 51.1 Å². The zero-order chi connectivity index (χ0) is 38.0. The summed E-state index contributed by atoms with van der Waals surface area (Å²) in [5, 5.41) is 14.3. The molecule has 0 bridgehead atoms. The SMILES string of the molecule is COC(=O)C1CC(NC(=O)c2cc(=O)[nH]c(=O)[nH]2)C(O[C@@H]2OC(C)[C@@H](OCc3ccccc3)C(OCc3ccccc3)C2OCc2ccccc2)[C@H](O)C1. The van der Waals surface area contributed by atoms with Gasteiger partial charge in [0.2, 0.25) is 0 Å². The van der Waals surface area contributed by atoms with Crippen LogP contribution >= 0.6 is 0 Å².